The molecule has 3 heteroatoms. The van der Waals surface area contributed by atoms with Crippen molar-refractivity contribution >= 4 is 0 Å². The van der Waals surface area contributed by atoms with Crippen molar-refractivity contribution in [1.82, 2.24) is 10.2 Å². The van der Waals surface area contributed by atoms with Crippen molar-refractivity contribution in [3.05, 3.63) is 0 Å². The van der Waals surface area contributed by atoms with Crippen LogP contribution in [0.3, 0.4) is 0 Å². The lowest BCUT2D eigenvalue weighted by Gasteiger charge is -2.42. The Morgan fingerprint density at radius 3 is 2.58 bits per heavy atom. The molecule has 1 aliphatic carbocycles. The van der Waals surface area contributed by atoms with E-state index in [1.54, 1.807) is 0 Å². The number of aliphatic hydroxyl groups excluding tert-OH is 1. The van der Waals surface area contributed by atoms with Gasteiger partial charge in [0.25, 0.3) is 0 Å². The summed E-state index contributed by atoms with van der Waals surface area (Å²) in [5.41, 5.74) is -0.115. The van der Waals surface area contributed by atoms with E-state index in [0.717, 1.165) is 19.0 Å². The number of hydrogen-bond donors (Lipinski definition) is 2. The Bertz CT molecular complexity index is 253. The van der Waals surface area contributed by atoms with E-state index in [1.165, 1.54) is 25.7 Å². The predicted molar refractivity (Wildman–Crippen MR) is 82.4 cm³/mol. The summed E-state index contributed by atoms with van der Waals surface area (Å²) < 4.78 is 0. The van der Waals surface area contributed by atoms with Gasteiger partial charge in [0.2, 0.25) is 0 Å². The van der Waals surface area contributed by atoms with Gasteiger partial charge in [0.1, 0.15) is 0 Å². The van der Waals surface area contributed by atoms with Gasteiger partial charge >= 0.3 is 0 Å². The van der Waals surface area contributed by atoms with Gasteiger partial charge in [0, 0.05) is 18.1 Å². The second kappa shape index (κ2) is 7.61. The van der Waals surface area contributed by atoms with Crippen molar-refractivity contribution in [2.75, 3.05) is 26.7 Å². The first kappa shape index (κ1) is 16.9. The second-order valence-electron chi connectivity index (χ2n) is 7.09. The minimum atomic E-state index is -0.115. The van der Waals surface area contributed by atoms with Crippen molar-refractivity contribution in [3.8, 4) is 0 Å². The van der Waals surface area contributed by atoms with Crippen LogP contribution in [0.25, 0.3) is 0 Å². The Morgan fingerprint density at radius 2 is 2.00 bits per heavy atom. The first-order valence-electron chi connectivity index (χ1n) is 7.96. The summed E-state index contributed by atoms with van der Waals surface area (Å²) in [6, 6.07) is 0.660. The lowest BCUT2D eigenvalue weighted by molar-refractivity contribution is 0.0491. The zero-order chi connectivity index (χ0) is 14.5. The van der Waals surface area contributed by atoms with E-state index in [4.69, 9.17) is 0 Å². The molecule has 19 heavy (non-hydrogen) atoms. The van der Waals surface area contributed by atoms with E-state index < -0.39 is 0 Å². The van der Waals surface area contributed by atoms with E-state index in [1.807, 2.05) is 0 Å². The highest BCUT2D eigenvalue weighted by Gasteiger charge is 2.32. The average Bonchev–Trinajstić information content (AvgIpc) is 2.37. The van der Waals surface area contributed by atoms with Crippen LogP contribution in [0.4, 0.5) is 0 Å². The van der Waals surface area contributed by atoms with Gasteiger partial charge in [-0.3, -0.25) is 4.90 Å². The third-order valence-electron chi connectivity index (χ3n) is 4.83. The molecule has 1 rings (SSSR count). The van der Waals surface area contributed by atoms with Crippen LogP contribution < -0.4 is 5.32 Å². The monoisotopic (exact) mass is 270 g/mol. The molecule has 1 fully saturated rings. The largest absolute Gasteiger partial charge is 0.394 e. The molecular weight excluding hydrogens is 236 g/mol. The van der Waals surface area contributed by atoms with Crippen molar-refractivity contribution < 1.29 is 5.11 Å². The van der Waals surface area contributed by atoms with Gasteiger partial charge in [0.05, 0.1) is 6.61 Å². The zero-order valence-corrected chi connectivity index (χ0v) is 13.6. The number of rotatable bonds is 7. The molecule has 0 spiro atoms. The van der Waals surface area contributed by atoms with Crippen LogP contribution in [-0.2, 0) is 0 Å². The predicted octanol–water partition coefficient (Wildman–Crippen LogP) is 2.49. The van der Waals surface area contributed by atoms with Crippen molar-refractivity contribution in [2.24, 2.45) is 11.8 Å². The van der Waals surface area contributed by atoms with Gasteiger partial charge in [-0.1, -0.05) is 13.8 Å². The minimum Gasteiger partial charge on any atom is -0.394 e. The maximum Gasteiger partial charge on any atom is 0.0609 e. The van der Waals surface area contributed by atoms with Crippen LogP contribution in [0, 0.1) is 11.8 Å². The molecule has 0 aromatic heterocycles. The third-order valence-corrected chi connectivity index (χ3v) is 4.83. The summed E-state index contributed by atoms with van der Waals surface area (Å²) in [6.45, 7) is 11.3. The Kier molecular flexibility index (Phi) is 6.78. The Morgan fingerprint density at radius 1 is 1.32 bits per heavy atom. The molecule has 3 unspecified atom stereocenters. The van der Waals surface area contributed by atoms with Gasteiger partial charge < -0.3 is 10.4 Å². The highest BCUT2D eigenvalue weighted by Crippen LogP contribution is 2.30. The van der Waals surface area contributed by atoms with Crippen LogP contribution in [0.2, 0.25) is 0 Å². The fourth-order valence-electron chi connectivity index (χ4n) is 3.02. The quantitative estimate of drug-likeness (QED) is 0.746. The molecule has 0 heterocycles. The molecule has 2 N–H and O–H groups in total. The summed E-state index contributed by atoms with van der Waals surface area (Å²) in [7, 11) is 2.15. The Labute approximate surface area is 119 Å². The molecule has 3 nitrogen and oxygen atoms in total. The van der Waals surface area contributed by atoms with Gasteiger partial charge in [-0.05, 0) is 65.0 Å². The highest BCUT2D eigenvalue weighted by molar-refractivity contribution is 4.88. The number of hydrogen-bond acceptors (Lipinski definition) is 3. The summed E-state index contributed by atoms with van der Waals surface area (Å²) in [5.74, 6) is 1.56. The molecule has 0 aromatic carbocycles. The number of likely N-dealkylation sites (N-methyl/N-ethyl adjacent to an activating group) is 1. The maximum absolute atomic E-state index is 9.50. The van der Waals surface area contributed by atoms with Gasteiger partial charge in [-0.15, -0.1) is 0 Å². The molecule has 0 bridgehead atoms. The zero-order valence-electron chi connectivity index (χ0n) is 13.6. The first-order valence-corrected chi connectivity index (χ1v) is 7.96. The topological polar surface area (TPSA) is 35.5 Å². The third kappa shape index (κ3) is 5.05. The fourth-order valence-corrected chi connectivity index (χ4v) is 3.02. The van der Waals surface area contributed by atoms with E-state index in [2.05, 4.69) is 45.0 Å². The molecule has 0 amide bonds. The van der Waals surface area contributed by atoms with Crippen LogP contribution in [-0.4, -0.2) is 48.3 Å². The molecule has 114 valence electrons. The molecule has 1 aliphatic rings. The molecular formula is C16H34N2O. The summed E-state index contributed by atoms with van der Waals surface area (Å²) in [4.78, 5) is 2.33. The van der Waals surface area contributed by atoms with Crippen molar-refractivity contribution in [3.63, 3.8) is 0 Å². The molecule has 3 atom stereocenters. The highest BCUT2D eigenvalue weighted by atomic mass is 16.3. The fraction of sp³-hybridized carbons (Fsp3) is 1.00. The molecule has 0 aliphatic heterocycles. The van der Waals surface area contributed by atoms with Crippen LogP contribution in [0.5, 0.6) is 0 Å². The van der Waals surface area contributed by atoms with Crippen LogP contribution in [0.15, 0.2) is 0 Å². The molecule has 0 radical (unpaired) electrons. The van der Waals surface area contributed by atoms with Crippen LogP contribution in [0.1, 0.15) is 53.4 Å². The summed E-state index contributed by atoms with van der Waals surface area (Å²) >= 11 is 0. The molecule has 1 saturated carbocycles. The lowest BCUT2D eigenvalue weighted by atomic mass is 9.78. The number of nitrogens with one attached hydrogen (secondary N) is 1. The molecule has 0 aromatic rings. The maximum atomic E-state index is 9.50. The van der Waals surface area contributed by atoms with Crippen LogP contribution >= 0.6 is 0 Å². The van der Waals surface area contributed by atoms with Gasteiger partial charge in [-0.2, -0.15) is 0 Å². The summed E-state index contributed by atoms with van der Waals surface area (Å²) in [5, 5.41) is 13.2. The first-order chi connectivity index (χ1) is 8.90. The average molecular weight is 270 g/mol. The van der Waals surface area contributed by atoms with Crippen molar-refractivity contribution in [1.29, 1.82) is 0 Å². The Balaban J connectivity index is 2.59. The van der Waals surface area contributed by atoms with Crippen molar-refractivity contribution in [2.45, 2.75) is 65.0 Å². The summed E-state index contributed by atoms with van der Waals surface area (Å²) in [6.07, 6.45) is 5.17. The smallest absolute Gasteiger partial charge is 0.0609 e. The lowest BCUT2D eigenvalue weighted by Crippen LogP contribution is -2.51. The van der Waals surface area contributed by atoms with E-state index in [9.17, 15) is 5.11 Å². The van der Waals surface area contributed by atoms with E-state index >= 15 is 0 Å². The SMILES string of the molecule is CCCNC1CCC(C)CC1CN(C)C(C)(C)CO. The van der Waals surface area contributed by atoms with Gasteiger partial charge in [0.15, 0.2) is 0 Å². The molecule has 0 saturated heterocycles. The number of nitrogens with zero attached hydrogens (tertiary/aromatic N) is 1. The Hall–Kier alpha value is -0.120. The minimum absolute atomic E-state index is 0.115. The van der Waals surface area contributed by atoms with E-state index in [0.29, 0.717) is 12.0 Å². The number of aliphatic hydroxyl groups is 1. The second-order valence-corrected chi connectivity index (χ2v) is 7.09. The standard InChI is InChI=1S/C16H34N2O/c1-6-9-17-15-8-7-13(2)10-14(15)11-18(5)16(3,4)12-19/h13-15,17,19H,6-12H2,1-5H3. The normalized spacial score (nSPS) is 28.9. The van der Waals surface area contributed by atoms with E-state index in [-0.39, 0.29) is 12.1 Å². The van der Waals surface area contributed by atoms with Gasteiger partial charge in [-0.25, -0.2) is 0 Å².